The number of carbonyl (C=O) groups is 1. The van der Waals surface area contributed by atoms with E-state index in [0.717, 1.165) is 64.4 Å². The first-order valence-corrected chi connectivity index (χ1v) is 9.80. The zero-order valence-corrected chi connectivity index (χ0v) is 14.9. The minimum atomic E-state index is -0.614. The quantitative estimate of drug-likeness (QED) is 0.721. The monoisotopic (exact) mass is 334 g/mol. The summed E-state index contributed by atoms with van der Waals surface area (Å²) in [5, 5.41) is 21.1. The lowest BCUT2D eigenvalue weighted by atomic mass is 9.41. The lowest BCUT2D eigenvalue weighted by Crippen LogP contribution is -2.59. The second-order valence-electron chi connectivity index (χ2n) is 10.3. The first kappa shape index (κ1) is 15.6. The van der Waals surface area contributed by atoms with Crippen LogP contribution in [0.15, 0.2) is 0 Å². The van der Waals surface area contributed by atoms with Gasteiger partial charge >= 0.3 is 5.97 Å². The number of ether oxygens (including phenoxy) is 1. The third-order valence-corrected chi connectivity index (χ3v) is 9.40. The van der Waals surface area contributed by atoms with Gasteiger partial charge < -0.3 is 14.9 Å². The van der Waals surface area contributed by atoms with Crippen LogP contribution < -0.4 is 0 Å². The smallest absolute Gasteiger partial charge is 0.309 e. The summed E-state index contributed by atoms with van der Waals surface area (Å²) in [5.74, 6) is 0.219. The molecule has 1 saturated heterocycles. The molecule has 0 amide bonds. The highest BCUT2D eigenvalue weighted by atomic mass is 16.6. The molecule has 5 aliphatic rings. The Hall–Kier alpha value is -0.610. The molecule has 4 nitrogen and oxygen atoms in total. The molecule has 4 saturated carbocycles. The van der Waals surface area contributed by atoms with E-state index in [1.807, 2.05) is 6.92 Å². The Bertz CT molecular complexity index is 609. The maximum Gasteiger partial charge on any atom is 0.309 e. The molecule has 1 heterocycles. The van der Waals surface area contributed by atoms with E-state index in [9.17, 15) is 15.0 Å². The summed E-state index contributed by atoms with van der Waals surface area (Å²) in [6.45, 7) is 5.10. The lowest BCUT2D eigenvalue weighted by Gasteiger charge is -2.63. The van der Waals surface area contributed by atoms with Gasteiger partial charge in [-0.05, 0) is 81.0 Å². The lowest BCUT2D eigenvalue weighted by molar-refractivity contribution is -0.186. The first-order chi connectivity index (χ1) is 11.2. The van der Waals surface area contributed by atoms with E-state index in [1.54, 1.807) is 0 Å². The molecule has 0 aromatic carbocycles. The van der Waals surface area contributed by atoms with Crippen molar-refractivity contribution < 1.29 is 19.7 Å². The molecule has 5 fully saturated rings. The molecule has 2 spiro atoms. The SMILES string of the molecule is C[C@@]12CCC[C@@](C)(C(=O)O)[C@H]1CC[C@]13CC4(CO4)[C@](O)(CC[C@H]12)C3. The van der Waals surface area contributed by atoms with Gasteiger partial charge in [0.2, 0.25) is 0 Å². The number of hydrogen-bond donors (Lipinski definition) is 2. The largest absolute Gasteiger partial charge is 0.481 e. The maximum absolute atomic E-state index is 12.1. The summed E-state index contributed by atoms with van der Waals surface area (Å²) >= 11 is 0. The molecule has 24 heavy (non-hydrogen) atoms. The average Bonchev–Trinajstić information content (AvgIpc) is 3.24. The number of fused-ring (bicyclic) bond motifs is 4. The van der Waals surface area contributed by atoms with E-state index in [1.165, 1.54) is 0 Å². The second-order valence-corrected chi connectivity index (χ2v) is 10.3. The molecule has 4 aliphatic carbocycles. The summed E-state index contributed by atoms with van der Waals surface area (Å²) in [7, 11) is 0. The molecule has 0 aromatic heterocycles. The summed E-state index contributed by atoms with van der Waals surface area (Å²) in [6, 6.07) is 0. The molecule has 5 rings (SSSR count). The molecule has 2 N–H and O–H groups in total. The fourth-order valence-electron chi connectivity index (χ4n) is 8.30. The van der Waals surface area contributed by atoms with Gasteiger partial charge in [-0.25, -0.2) is 0 Å². The highest BCUT2D eigenvalue weighted by molar-refractivity contribution is 5.75. The van der Waals surface area contributed by atoms with Gasteiger partial charge in [0, 0.05) is 0 Å². The number of hydrogen-bond acceptors (Lipinski definition) is 3. The van der Waals surface area contributed by atoms with Gasteiger partial charge in [-0.1, -0.05) is 13.3 Å². The summed E-state index contributed by atoms with van der Waals surface area (Å²) in [6.07, 6.45) is 8.85. The van der Waals surface area contributed by atoms with Crippen molar-refractivity contribution in [1.29, 1.82) is 0 Å². The van der Waals surface area contributed by atoms with Crippen molar-refractivity contribution in [2.75, 3.05) is 6.61 Å². The summed E-state index contributed by atoms with van der Waals surface area (Å²) in [5.41, 5.74) is -1.15. The molecule has 0 aromatic rings. The van der Waals surface area contributed by atoms with E-state index in [0.29, 0.717) is 5.92 Å². The highest BCUT2D eigenvalue weighted by Gasteiger charge is 2.76. The molecule has 1 unspecified atom stereocenters. The zero-order valence-electron chi connectivity index (χ0n) is 14.9. The number of carboxylic acid groups (broad SMARTS) is 1. The Kier molecular flexibility index (Phi) is 2.73. The number of aliphatic hydroxyl groups is 1. The van der Waals surface area contributed by atoms with Gasteiger partial charge in [0.15, 0.2) is 0 Å². The van der Waals surface area contributed by atoms with Crippen LogP contribution in [-0.2, 0) is 9.53 Å². The van der Waals surface area contributed by atoms with Crippen LogP contribution in [0.4, 0.5) is 0 Å². The van der Waals surface area contributed by atoms with Crippen molar-refractivity contribution in [1.82, 2.24) is 0 Å². The van der Waals surface area contributed by atoms with Gasteiger partial charge in [-0.3, -0.25) is 4.79 Å². The first-order valence-electron chi connectivity index (χ1n) is 9.80. The van der Waals surface area contributed by atoms with Crippen LogP contribution in [-0.4, -0.2) is 34.0 Å². The summed E-state index contributed by atoms with van der Waals surface area (Å²) in [4.78, 5) is 12.1. The molecule has 1 aliphatic heterocycles. The van der Waals surface area contributed by atoms with Crippen molar-refractivity contribution in [3.63, 3.8) is 0 Å². The normalized spacial score (nSPS) is 61.3. The molecular formula is C20H30O4. The Morgan fingerprint density at radius 3 is 2.42 bits per heavy atom. The van der Waals surface area contributed by atoms with E-state index in [4.69, 9.17) is 4.74 Å². The molecule has 0 radical (unpaired) electrons. The van der Waals surface area contributed by atoms with Crippen LogP contribution >= 0.6 is 0 Å². The average molecular weight is 334 g/mol. The molecule has 2 bridgehead atoms. The van der Waals surface area contributed by atoms with E-state index in [2.05, 4.69) is 6.92 Å². The van der Waals surface area contributed by atoms with Crippen LogP contribution in [0.1, 0.15) is 71.6 Å². The number of carboxylic acids is 1. The van der Waals surface area contributed by atoms with Gasteiger partial charge in [0.1, 0.15) is 5.60 Å². The van der Waals surface area contributed by atoms with E-state index in [-0.39, 0.29) is 22.3 Å². The fourth-order valence-corrected chi connectivity index (χ4v) is 8.30. The van der Waals surface area contributed by atoms with Gasteiger partial charge in [-0.15, -0.1) is 0 Å². The number of rotatable bonds is 1. The maximum atomic E-state index is 12.1. The van der Waals surface area contributed by atoms with Crippen molar-refractivity contribution in [2.45, 2.75) is 82.8 Å². The Morgan fingerprint density at radius 2 is 1.75 bits per heavy atom. The topological polar surface area (TPSA) is 70.1 Å². The van der Waals surface area contributed by atoms with Crippen LogP contribution in [0.25, 0.3) is 0 Å². The van der Waals surface area contributed by atoms with Crippen LogP contribution in [0.3, 0.4) is 0 Å². The number of aliphatic carboxylic acids is 1. The van der Waals surface area contributed by atoms with Crippen LogP contribution in [0.5, 0.6) is 0 Å². The Balaban J connectivity index is 1.56. The predicted molar refractivity (Wildman–Crippen MR) is 88.4 cm³/mol. The van der Waals surface area contributed by atoms with Gasteiger partial charge in [0.25, 0.3) is 0 Å². The molecule has 134 valence electrons. The molecular weight excluding hydrogens is 304 g/mol. The molecule has 4 heteroatoms. The Morgan fingerprint density at radius 1 is 1.04 bits per heavy atom. The standard InChI is InChI=1S/C20H30O4/c1-16-6-3-7-17(2,15(21)22)13(16)4-8-18-10-19(23,9-5-14(16)18)20(11-18)12-24-20/h13-14,23H,3-12H2,1-2H3,(H,21,22)/t13-,14-,16+,17+,18-,19-,20?/m0/s1. The minimum Gasteiger partial charge on any atom is -0.481 e. The second kappa shape index (κ2) is 4.20. The third kappa shape index (κ3) is 1.56. The van der Waals surface area contributed by atoms with Crippen molar-refractivity contribution in [3.05, 3.63) is 0 Å². The van der Waals surface area contributed by atoms with Gasteiger partial charge in [-0.2, -0.15) is 0 Å². The van der Waals surface area contributed by atoms with E-state index < -0.39 is 17.0 Å². The van der Waals surface area contributed by atoms with Gasteiger partial charge in [0.05, 0.1) is 17.6 Å². The van der Waals surface area contributed by atoms with Crippen molar-refractivity contribution >= 4 is 5.97 Å². The highest BCUT2D eigenvalue weighted by Crippen LogP contribution is 2.75. The van der Waals surface area contributed by atoms with E-state index >= 15 is 0 Å². The Labute approximate surface area is 144 Å². The van der Waals surface area contributed by atoms with Crippen LogP contribution in [0, 0.1) is 28.1 Å². The minimum absolute atomic E-state index is 0.103. The zero-order chi connectivity index (χ0) is 17.0. The van der Waals surface area contributed by atoms with Crippen molar-refractivity contribution in [3.8, 4) is 0 Å². The summed E-state index contributed by atoms with van der Waals surface area (Å²) < 4.78 is 5.82. The fraction of sp³-hybridized carbons (Fsp3) is 0.950. The third-order valence-electron chi connectivity index (χ3n) is 9.40. The van der Waals surface area contributed by atoms with Crippen molar-refractivity contribution in [2.24, 2.45) is 28.1 Å². The predicted octanol–water partition coefficient (Wildman–Crippen LogP) is 3.37. The number of epoxide rings is 1. The molecule has 7 atom stereocenters. The van der Waals surface area contributed by atoms with Crippen LogP contribution in [0.2, 0.25) is 0 Å².